The first-order chi connectivity index (χ1) is 5.40. The second-order valence-electron chi connectivity index (χ2n) is 3.05. The molecule has 2 rings (SSSR count). The van der Waals surface area contributed by atoms with Crippen LogP contribution in [-0.2, 0) is 0 Å². The van der Waals surface area contributed by atoms with Gasteiger partial charge in [0, 0.05) is 5.25 Å². The van der Waals surface area contributed by atoms with Crippen molar-refractivity contribution in [2.45, 2.75) is 37.0 Å². The lowest BCUT2D eigenvalue weighted by atomic mass is 9.95. The van der Waals surface area contributed by atoms with Gasteiger partial charge in [0.1, 0.15) is 6.07 Å². The van der Waals surface area contributed by atoms with Crippen molar-refractivity contribution >= 4 is 16.8 Å². The lowest BCUT2D eigenvalue weighted by molar-refractivity contribution is 0.462. The maximum Gasteiger partial charge on any atom is 0.169 e. The minimum atomic E-state index is 0.475. The number of hydrogen-bond acceptors (Lipinski definition) is 3. The monoisotopic (exact) mass is 166 g/mol. The van der Waals surface area contributed by atoms with Gasteiger partial charge in [-0.25, -0.2) is 0 Å². The quantitative estimate of drug-likeness (QED) is 0.551. The third-order valence-corrected chi connectivity index (χ3v) is 3.58. The number of fused-ring (bicyclic) bond motifs is 1. The van der Waals surface area contributed by atoms with Crippen LogP contribution >= 0.6 is 11.8 Å². The molecule has 2 nitrogen and oxygen atoms in total. The molecule has 58 valence electrons. The topological polar surface area (TPSA) is 36.1 Å². The number of aliphatic imine (C=N–C) groups is 1. The van der Waals surface area contributed by atoms with Crippen molar-refractivity contribution in [2.24, 2.45) is 4.99 Å². The molecule has 11 heavy (non-hydrogen) atoms. The average Bonchev–Trinajstić information content (AvgIpc) is 2.46. The summed E-state index contributed by atoms with van der Waals surface area (Å²) in [5.41, 5.74) is 0. The fourth-order valence-corrected chi connectivity index (χ4v) is 2.92. The van der Waals surface area contributed by atoms with E-state index in [4.69, 9.17) is 5.26 Å². The Bertz CT molecular complexity index is 229. The van der Waals surface area contributed by atoms with Gasteiger partial charge in [-0.3, -0.25) is 4.99 Å². The number of hydrogen-bond donors (Lipinski definition) is 0. The molecule has 2 atom stereocenters. The first kappa shape index (κ1) is 7.17. The molecule has 0 aromatic rings. The summed E-state index contributed by atoms with van der Waals surface area (Å²) >= 11 is 1.68. The Hall–Kier alpha value is -0.490. The van der Waals surface area contributed by atoms with Crippen LogP contribution in [0.25, 0.3) is 0 Å². The zero-order valence-corrected chi connectivity index (χ0v) is 7.10. The molecule has 0 amide bonds. The van der Waals surface area contributed by atoms with Crippen molar-refractivity contribution < 1.29 is 0 Å². The molecule has 3 heteroatoms. The molecule has 0 unspecified atom stereocenters. The standard InChI is InChI=1S/C8H10N2S/c9-5-8-10-6-3-1-2-4-7(6)11-8/h6-7H,1-4H2/t6-,7+/m1/s1. The normalized spacial score (nSPS) is 35.7. The summed E-state index contributed by atoms with van der Waals surface area (Å²) in [5, 5.41) is 9.96. The molecule has 1 heterocycles. The molecular weight excluding hydrogens is 156 g/mol. The molecule has 1 aliphatic carbocycles. The van der Waals surface area contributed by atoms with E-state index >= 15 is 0 Å². The van der Waals surface area contributed by atoms with E-state index in [0.29, 0.717) is 16.3 Å². The van der Waals surface area contributed by atoms with Gasteiger partial charge in [-0.05, 0) is 12.8 Å². The Morgan fingerprint density at radius 2 is 2.27 bits per heavy atom. The zero-order chi connectivity index (χ0) is 7.68. The van der Waals surface area contributed by atoms with E-state index in [0.717, 1.165) is 0 Å². The molecule has 0 N–H and O–H groups in total. The van der Waals surface area contributed by atoms with Gasteiger partial charge in [-0.2, -0.15) is 5.26 Å². The summed E-state index contributed by atoms with van der Waals surface area (Å²) in [6, 6.07) is 2.61. The van der Waals surface area contributed by atoms with E-state index in [1.165, 1.54) is 25.7 Å². The van der Waals surface area contributed by atoms with Crippen LogP contribution in [0.1, 0.15) is 25.7 Å². The third kappa shape index (κ3) is 1.28. The minimum absolute atomic E-state index is 0.475. The number of nitrogens with zero attached hydrogens (tertiary/aromatic N) is 2. The van der Waals surface area contributed by atoms with Gasteiger partial charge in [0.15, 0.2) is 5.04 Å². The summed E-state index contributed by atoms with van der Waals surface area (Å²) in [5.74, 6) is 0. The molecule has 0 aromatic heterocycles. The molecule has 0 radical (unpaired) electrons. The van der Waals surface area contributed by atoms with Crippen LogP contribution in [0.4, 0.5) is 0 Å². The largest absolute Gasteiger partial charge is 0.264 e. The van der Waals surface area contributed by atoms with Crippen LogP contribution in [0.3, 0.4) is 0 Å². The van der Waals surface area contributed by atoms with Crippen molar-refractivity contribution in [2.75, 3.05) is 0 Å². The molecule has 1 fully saturated rings. The van der Waals surface area contributed by atoms with Crippen LogP contribution in [0.2, 0.25) is 0 Å². The molecule has 0 spiro atoms. The summed E-state index contributed by atoms with van der Waals surface area (Å²) < 4.78 is 0. The van der Waals surface area contributed by atoms with E-state index in [1.54, 1.807) is 11.8 Å². The zero-order valence-electron chi connectivity index (χ0n) is 6.29. The predicted molar refractivity (Wildman–Crippen MR) is 46.7 cm³/mol. The summed E-state index contributed by atoms with van der Waals surface area (Å²) in [7, 11) is 0. The van der Waals surface area contributed by atoms with Gasteiger partial charge >= 0.3 is 0 Å². The Morgan fingerprint density at radius 1 is 1.45 bits per heavy atom. The van der Waals surface area contributed by atoms with Crippen LogP contribution < -0.4 is 0 Å². The van der Waals surface area contributed by atoms with E-state index in [9.17, 15) is 0 Å². The van der Waals surface area contributed by atoms with Crippen LogP contribution in [0.15, 0.2) is 4.99 Å². The van der Waals surface area contributed by atoms with Crippen molar-refractivity contribution in [3.05, 3.63) is 0 Å². The van der Waals surface area contributed by atoms with Crippen LogP contribution in [0, 0.1) is 11.3 Å². The predicted octanol–water partition coefficient (Wildman–Crippen LogP) is 1.97. The second kappa shape index (κ2) is 2.86. The maximum absolute atomic E-state index is 8.61. The molecule has 2 aliphatic rings. The van der Waals surface area contributed by atoms with Crippen molar-refractivity contribution in [1.29, 1.82) is 5.26 Å². The van der Waals surface area contributed by atoms with E-state index < -0.39 is 0 Å². The van der Waals surface area contributed by atoms with Gasteiger partial charge in [-0.15, -0.1) is 0 Å². The van der Waals surface area contributed by atoms with E-state index in [1.807, 2.05) is 0 Å². The number of thioether (sulfide) groups is 1. The van der Waals surface area contributed by atoms with Crippen molar-refractivity contribution in [1.82, 2.24) is 0 Å². The van der Waals surface area contributed by atoms with Gasteiger partial charge in [-0.1, -0.05) is 24.6 Å². The Morgan fingerprint density at radius 3 is 3.00 bits per heavy atom. The summed E-state index contributed by atoms with van der Waals surface area (Å²) in [4.78, 5) is 4.35. The Balaban J connectivity index is 2.09. The van der Waals surface area contributed by atoms with Gasteiger partial charge in [0.05, 0.1) is 6.04 Å². The molecule has 0 aromatic carbocycles. The second-order valence-corrected chi connectivity index (χ2v) is 4.28. The first-order valence-corrected chi connectivity index (χ1v) is 4.92. The van der Waals surface area contributed by atoms with Crippen molar-refractivity contribution in [3.63, 3.8) is 0 Å². The van der Waals surface area contributed by atoms with Crippen LogP contribution in [0.5, 0.6) is 0 Å². The fraction of sp³-hybridized carbons (Fsp3) is 0.750. The van der Waals surface area contributed by atoms with Gasteiger partial charge in [0.25, 0.3) is 0 Å². The Labute approximate surface area is 70.7 Å². The average molecular weight is 166 g/mol. The highest BCUT2D eigenvalue weighted by molar-refractivity contribution is 8.15. The van der Waals surface area contributed by atoms with Gasteiger partial charge in [0.2, 0.25) is 0 Å². The summed E-state index contributed by atoms with van der Waals surface area (Å²) in [6.45, 7) is 0. The lowest BCUT2D eigenvalue weighted by Crippen LogP contribution is -2.21. The SMILES string of the molecule is N#CC1=N[C@@H]2CCCC[C@@H]2S1. The Kier molecular flexibility index (Phi) is 1.87. The highest BCUT2D eigenvalue weighted by Gasteiger charge is 2.31. The molecule has 0 saturated heterocycles. The molecule has 0 bridgehead atoms. The van der Waals surface area contributed by atoms with Crippen LogP contribution in [-0.4, -0.2) is 16.3 Å². The first-order valence-electron chi connectivity index (χ1n) is 4.05. The highest BCUT2D eigenvalue weighted by atomic mass is 32.2. The van der Waals surface area contributed by atoms with E-state index in [-0.39, 0.29) is 0 Å². The number of rotatable bonds is 0. The summed E-state index contributed by atoms with van der Waals surface area (Å²) in [6.07, 6.45) is 5.07. The third-order valence-electron chi connectivity index (χ3n) is 2.31. The maximum atomic E-state index is 8.61. The molecule has 1 saturated carbocycles. The van der Waals surface area contributed by atoms with Crippen molar-refractivity contribution in [3.8, 4) is 6.07 Å². The lowest BCUT2D eigenvalue weighted by Gasteiger charge is -2.21. The number of nitriles is 1. The van der Waals surface area contributed by atoms with Gasteiger partial charge < -0.3 is 0 Å². The van der Waals surface area contributed by atoms with E-state index in [2.05, 4.69) is 11.1 Å². The molecular formula is C8H10N2S. The minimum Gasteiger partial charge on any atom is -0.264 e. The molecule has 1 aliphatic heterocycles. The smallest absolute Gasteiger partial charge is 0.169 e. The fourth-order valence-electron chi connectivity index (χ4n) is 1.74. The highest BCUT2D eigenvalue weighted by Crippen LogP contribution is 2.36.